The summed E-state index contributed by atoms with van der Waals surface area (Å²) in [6.45, 7) is 3.94. The van der Waals surface area contributed by atoms with Gasteiger partial charge in [-0.3, -0.25) is 0 Å². The van der Waals surface area contributed by atoms with E-state index >= 15 is 0 Å². The number of esters is 1. The van der Waals surface area contributed by atoms with Gasteiger partial charge in [-0.15, -0.1) is 0 Å². The molecule has 9 heteroatoms. The molecule has 0 spiro atoms. The van der Waals surface area contributed by atoms with E-state index in [1.165, 1.54) is 0 Å². The number of hydrogen-bond acceptors (Lipinski definition) is 8. The lowest BCUT2D eigenvalue weighted by molar-refractivity contribution is -0.292. The van der Waals surface area contributed by atoms with Crippen LogP contribution in [-0.2, 0) is 33.2 Å². The lowest BCUT2D eigenvalue weighted by atomic mass is 9.87. The number of carbonyl (C=O) groups is 2. The minimum Gasteiger partial charge on any atom is -0.458 e. The molecule has 0 N–H and O–H groups in total. The summed E-state index contributed by atoms with van der Waals surface area (Å²) < 4.78 is 39.0. The third-order valence-electron chi connectivity index (χ3n) is 7.97. The summed E-state index contributed by atoms with van der Waals surface area (Å²) in [4.78, 5) is 23.8. The number of fused-ring (bicyclic) bond motifs is 1. The van der Waals surface area contributed by atoms with Crippen LogP contribution in [0.4, 0.5) is 0 Å². The SMILES string of the molecule is C=C(Br)C[C@H](CC[C@@]12C[C@H]3O[C@H]4[C@@H](O1)[C@H]1O[C@@H](CC=O)CC[C@@H]1O[C@H]4C3O2)OC(=O)c1ccccc1. The smallest absolute Gasteiger partial charge is 0.338 e. The Balaban J connectivity index is 1.18. The molecule has 1 aromatic rings. The number of benzene rings is 1. The molecule has 0 amide bonds. The van der Waals surface area contributed by atoms with E-state index in [1.54, 1.807) is 12.1 Å². The first kappa shape index (κ1) is 24.7. The van der Waals surface area contributed by atoms with Gasteiger partial charge in [0.1, 0.15) is 42.9 Å². The van der Waals surface area contributed by atoms with Crippen LogP contribution >= 0.6 is 15.9 Å². The molecule has 6 aliphatic heterocycles. The average Bonchev–Trinajstić information content (AvgIpc) is 3.28. The first-order valence-corrected chi connectivity index (χ1v) is 13.6. The number of carbonyl (C=O) groups excluding carboxylic acids is 2. The molecule has 8 nitrogen and oxygen atoms in total. The second-order valence-electron chi connectivity index (χ2n) is 10.4. The van der Waals surface area contributed by atoms with E-state index in [2.05, 4.69) is 22.5 Å². The Morgan fingerprint density at radius 1 is 1.06 bits per heavy atom. The van der Waals surface area contributed by atoms with Crippen molar-refractivity contribution in [1.29, 1.82) is 0 Å². The molecule has 1 aromatic carbocycles. The van der Waals surface area contributed by atoms with Crippen LogP contribution in [0.5, 0.6) is 0 Å². The lowest BCUT2D eigenvalue weighted by Gasteiger charge is -2.47. The van der Waals surface area contributed by atoms with Gasteiger partial charge in [0.15, 0.2) is 5.79 Å². The van der Waals surface area contributed by atoms with Crippen LogP contribution in [0, 0.1) is 0 Å². The molecule has 10 atom stereocenters. The van der Waals surface area contributed by atoms with E-state index in [4.69, 9.17) is 28.4 Å². The van der Waals surface area contributed by atoms with E-state index in [-0.39, 0.29) is 54.8 Å². The van der Waals surface area contributed by atoms with E-state index in [9.17, 15) is 9.59 Å². The number of halogens is 1. The maximum atomic E-state index is 12.7. The Kier molecular flexibility index (Phi) is 6.81. The topological polar surface area (TPSA) is 89.5 Å². The van der Waals surface area contributed by atoms with Crippen molar-refractivity contribution in [3.8, 4) is 0 Å². The van der Waals surface area contributed by atoms with E-state index in [0.29, 0.717) is 37.7 Å². The van der Waals surface area contributed by atoms with Crippen molar-refractivity contribution in [3.63, 3.8) is 0 Å². The molecule has 6 saturated heterocycles. The van der Waals surface area contributed by atoms with Crippen LogP contribution < -0.4 is 0 Å². The maximum Gasteiger partial charge on any atom is 0.338 e. The molecule has 0 aliphatic carbocycles. The van der Waals surface area contributed by atoms with Gasteiger partial charge in [-0.1, -0.05) is 40.7 Å². The molecular formula is C27H31BrO8. The summed E-state index contributed by atoms with van der Waals surface area (Å²) in [7, 11) is 0. The predicted octanol–water partition coefficient (Wildman–Crippen LogP) is 3.85. The summed E-state index contributed by atoms with van der Waals surface area (Å²) >= 11 is 3.42. The number of rotatable bonds is 9. The highest BCUT2D eigenvalue weighted by Crippen LogP contribution is 2.54. The van der Waals surface area contributed by atoms with Gasteiger partial charge in [0.05, 0.1) is 23.9 Å². The normalized spacial score (nSPS) is 40.8. The van der Waals surface area contributed by atoms with E-state index in [1.807, 2.05) is 18.2 Å². The summed E-state index contributed by atoms with van der Waals surface area (Å²) in [6, 6.07) is 8.96. The average molecular weight is 563 g/mol. The van der Waals surface area contributed by atoms with Gasteiger partial charge < -0.3 is 33.2 Å². The standard InChI is InChI=1S/C27H31BrO8/c1-15(28)13-18(32-26(30)16-5-3-2-4-6-16)9-11-27-14-20-22(35-27)23-24(34-20)25(36-27)21-19(33-23)8-7-17(31-21)10-12-29/h2-6,12,17-25H,1,7-11,13-14H2/t17-,18+,19+,20-,21+,22?,23+,24-,25+,27+/m1/s1. The molecule has 6 fully saturated rings. The second-order valence-corrected chi connectivity index (χ2v) is 11.5. The summed E-state index contributed by atoms with van der Waals surface area (Å²) in [5.41, 5.74) is 0.509. The third kappa shape index (κ3) is 4.59. The zero-order chi connectivity index (χ0) is 24.9. The van der Waals surface area contributed by atoms with Crippen LogP contribution in [-0.4, -0.2) is 73.0 Å². The van der Waals surface area contributed by atoms with Gasteiger partial charge in [0.2, 0.25) is 0 Å². The molecule has 0 saturated carbocycles. The fourth-order valence-electron chi connectivity index (χ4n) is 6.38. The highest BCUT2D eigenvalue weighted by atomic mass is 79.9. The Morgan fingerprint density at radius 2 is 1.81 bits per heavy atom. The third-order valence-corrected chi connectivity index (χ3v) is 8.29. The maximum absolute atomic E-state index is 12.7. The van der Waals surface area contributed by atoms with Crippen molar-refractivity contribution in [3.05, 3.63) is 47.0 Å². The van der Waals surface area contributed by atoms with Crippen molar-refractivity contribution < 1.29 is 38.0 Å². The lowest BCUT2D eigenvalue weighted by Crippen LogP contribution is -2.61. The summed E-state index contributed by atoms with van der Waals surface area (Å²) in [6.07, 6.45) is 3.01. The zero-order valence-corrected chi connectivity index (χ0v) is 21.5. The Bertz CT molecular complexity index is 1000. The van der Waals surface area contributed by atoms with Crippen LogP contribution in [0.1, 0.15) is 55.3 Å². The molecule has 0 radical (unpaired) electrons. The number of hydrogen-bond donors (Lipinski definition) is 0. The van der Waals surface area contributed by atoms with Gasteiger partial charge in [0.25, 0.3) is 0 Å². The van der Waals surface area contributed by atoms with Crippen LogP contribution in [0.15, 0.2) is 41.4 Å². The van der Waals surface area contributed by atoms with Crippen molar-refractivity contribution in [1.82, 2.24) is 0 Å². The molecule has 6 bridgehead atoms. The molecule has 6 aliphatic rings. The molecule has 0 aromatic heterocycles. The van der Waals surface area contributed by atoms with Gasteiger partial charge in [0, 0.05) is 25.7 Å². The second kappa shape index (κ2) is 9.93. The van der Waals surface area contributed by atoms with Gasteiger partial charge in [-0.2, -0.15) is 0 Å². The molecule has 6 heterocycles. The predicted molar refractivity (Wildman–Crippen MR) is 131 cm³/mol. The summed E-state index contributed by atoms with van der Waals surface area (Å²) in [5.74, 6) is -1.23. The molecule has 1 unspecified atom stereocenters. The number of aldehydes is 1. The first-order valence-electron chi connectivity index (χ1n) is 12.8. The van der Waals surface area contributed by atoms with Crippen LogP contribution in [0.3, 0.4) is 0 Å². The molecule has 36 heavy (non-hydrogen) atoms. The molecule has 7 rings (SSSR count). The fourth-order valence-corrected chi connectivity index (χ4v) is 6.74. The summed E-state index contributed by atoms with van der Waals surface area (Å²) in [5, 5.41) is 0. The highest BCUT2D eigenvalue weighted by Gasteiger charge is 2.68. The van der Waals surface area contributed by atoms with E-state index in [0.717, 1.165) is 23.6 Å². The van der Waals surface area contributed by atoms with Crippen LogP contribution in [0.2, 0.25) is 0 Å². The first-order chi connectivity index (χ1) is 17.4. The van der Waals surface area contributed by atoms with Gasteiger partial charge in [-0.05, 0) is 35.9 Å². The van der Waals surface area contributed by atoms with Crippen molar-refractivity contribution in [2.45, 2.75) is 106 Å². The quantitative estimate of drug-likeness (QED) is 0.331. The van der Waals surface area contributed by atoms with Crippen molar-refractivity contribution in [2.24, 2.45) is 0 Å². The van der Waals surface area contributed by atoms with Gasteiger partial charge in [-0.25, -0.2) is 4.79 Å². The minimum absolute atomic E-state index is 0.0993. The monoisotopic (exact) mass is 562 g/mol. The minimum atomic E-state index is -0.867. The largest absolute Gasteiger partial charge is 0.458 e. The Labute approximate surface area is 218 Å². The highest BCUT2D eigenvalue weighted by molar-refractivity contribution is 9.11. The molecule has 194 valence electrons. The Morgan fingerprint density at radius 3 is 2.58 bits per heavy atom. The zero-order valence-electron chi connectivity index (χ0n) is 20.0. The van der Waals surface area contributed by atoms with E-state index < -0.39 is 11.9 Å². The Hall–Kier alpha value is -1.62. The number of ether oxygens (including phenoxy) is 6. The fraction of sp³-hybridized carbons (Fsp3) is 0.630. The molecular weight excluding hydrogens is 532 g/mol. The van der Waals surface area contributed by atoms with Crippen molar-refractivity contribution >= 4 is 28.2 Å². The van der Waals surface area contributed by atoms with Crippen molar-refractivity contribution in [2.75, 3.05) is 0 Å². The van der Waals surface area contributed by atoms with Gasteiger partial charge >= 0.3 is 5.97 Å². The van der Waals surface area contributed by atoms with Crippen LogP contribution in [0.25, 0.3) is 0 Å².